The smallest absolute Gasteiger partial charge is 0.269 e. The van der Waals surface area contributed by atoms with Crippen LogP contribution in [0.4, 0.5) is 4.39 Å². The second kappa shape index (κ2) is 8.95. The predicted octanol–water partition coefficient (Wildman–Crippen LogP) is 2.24. The Hall–Kier alpha value is -3.20. The minimum Gasteiger partial charge on any atom is -0.273 e. The van der Waals surface area contributed by atoms with Gasteiger partial charge in [-0.1, -0.05) is 36.0 Å². The molecule has 0 fully saturated rings. The summed E-state index contributed by atoms with van der Waals surface area (Å²) in [6, 6.07) is 12.6. The number of nitrogens with one attached hydrogen (secondary N) is 3. The number of hydrogen-bond donors (Lipinski definition) is 3. The van der Waals surface area contributed by atoms with E-state index in [2.05, 4.69) is 26.0 Å². The van der Waals surface area contributed by atoms with Crippen molar-refractivity contribution in [3.8, 4) is 0 Å². The van der Waals surface area contributed by atoms with Gasteiger partial charge in [0.05, 0.1) is 6.42 Å². The molecule has 3 rings (SSSR count). The molecule has 2 aromatic carbocycles. The SMILES string of the molecule is O=C(Cc1ccc(F)cc1)NNC(=O)c1ccc(CSc2ncn[nH]2)cc1. The maximum atomic E-state index is 12.8. The number of nitrogens with zero attached hydrogens (tertiary/aromatic N) is 2. The third kappa shape index (κ3) is 5.65. The van der Waals surface area contributed by atoms with Gasteiger partial charge in [-0.25, -0.2) is 9.37 Å². The van der Waals surface area contributed by atoms with Crippen LogP contribution in [-0.2, 0) is 17.0 Å². The van der Waals surface area contributed by atoms with E-state index in [1.54, 1.807) is 12.1 Å². The zero-order valence-electron chi connectivity index (χ0n) is 14.1. The van der Waals surface area contributed by atoms with Gasteiger partial charge in [0.2, 0.25) is 5.91 Å². The molecule has 138 valence electrons. The normalized spacial score (nSPS) is 10.4. The molecule has 0 aliphatic heterocycles. The Bertz CT molecular complexity index is 899. The van der Waals surface area contributed by atoms with Gasteiger partial charge in [-0.2, -0.15) is 5.10 Å². The van der Waals surface area contributed by atoms with Crippen molar-refractivity contribution in [3.05, 3.63) is 77.4 Å². The minimum absolute atomic E-state index is 0.0400. The van der Waals surface area contributed by atoms with E-state index in [0.29, 0.717) is 16.9 Å². The van der Waals surface area contributed by atoms with Crippen LogP contribution in [-0.4, -0.2) is 27.0 Å². The largest absolute Gasteiger partial charge is 0.273 e. The summed E-state index contributed by atoms with van der Waals surface area (Å²) >= 11 is 1.50. The highest BCUT2D eigenvalue weighted by Crippen LogP contribution is 2.18. The molecule has 9 heteroatoms. The molecular weight excluding hydrogens is 369 g/mol. The number of thioether (sulfide) groups is 1. The Kier molecular flexibility index (Phi) is 6.16. The van der Waals surface area contributed by atoms with Crippen molar-refractivity contribution in [3.63, 3.8) is 0 Å². The number of hydrogen-bond acceptors (Lipinski definition) is 5. The van der Waals surface area contributed by atoms with Crippen molar-refractivity contribution in [2.24, 2.45) is 0 Å². The molecule has 0 spiro atoms. The lowest BCUT2D eigenvalue weighted by molar-refractivity contribution is -0.121. The Labute approximate surface area is 158 Å². The average molecular weight is 385 g/mol. The molecule has 0 atom stereocenters. The van der Waals surface area contributed by atoms with Crippen molar-refractivity contribution >= 4 is 23.6 Å². The van der Waals surface area contributed by atoms with Gasteiger partial charge in [0.1, 0.15) is 12.1 Å². The van der Waals surface area contributed by atoms with E-state index in [1.165, 1.54) is 42.4 Å². The Balaban J connectivity index is 1.45. The number of amides is 2. The molecule has 0 bridgehead atoms. The van der Waals surface area contributed by atoms with Crippen LogP contribution in [0.5, 0.6) is 0 Å². The van der Waals surface area contributed by atoms with Crippen LogP contribution >= 0.6 is 11.8 Å². The zero-order valence-corrected chi connectivity index (χ0v) is 14.9. The van der Waals surface area contributed by atoms with E-state index in [9.17, 15) is 14.0 Å². The molecule has 0 unspecified atom stereocenters. The molecule has 7 nitrogen and oxygen atoms in total. The molecule has 3 aromatic rings. The first-order valence-corrected chi connectivity index (χ1v) is 8.99. The number of aromatic nitrogens is 3. The van der Waals surface area contributed by atoms with Gasteiger partial charge >= 0.3 is 0 Å². The number of rotatable bonds is 6. The van der Waals surface area contributed by atoms with Gasteiger partial charge in [-0.3, -0.25) is 25.5 Å². The number of halogens is 1. The first-order chi connectivity index (χ1) is 13.1. The average Bonchev–Trinajstić information content (AvgIpc) is 3.20. The van der Waals surface area contributed by atoms with E-state index in [4.69, 9.17) is 0 Å². The second-order valence-electron chi connectivity index (χ2n) is 5.58. The number of carbonyl (C=O) groups excluding carboxylic acids is 2. The van der Waals surface area contributed by atoms with E-state index in [0.717, 1.165) is 10.7 Å². The molecule has 0 saturated carbocycles. The maximum absolute atomic E-state index is 12.8. The van der Waals surface area contributed by atoms with Gasteiger partial charge in [0.25, 0.3) is 5.91 Å². The molecule has 1 aromatic heterocycles. The molecule has 3 N–H and O–H groups in total. The van der Waals surface area contributed by atoms with Crippen molar-refractivity contribution in [2.75, 3.05) is 0 Å². The number of carbonyl (C=O) groups is 2. The van der Waals surface area contributed by atoms with Crippen molar-refractivity contribution in [1.29, 1.82) is 0 Å². The van der Waals surface area contributed by atoms with Crippen LogP contribution in [0.25, 0.3) is 0 Å². The van der Waals surface area contributed by atoms with Crippen LogP contribution in [0.1, 0.15) is 21.5 Å². The zero-order chi connectivity index (χ0) is 19.1. The molecule has 2 amide bonds. The summed E-state index contributed by atoms with van der Waals surface area (Å²) < 4.78 is 12.8. The summed E-state index contributed by atoms with van der Waals surface area (Å²) in [5.74, 6) is -0.493. The van der Waals surface area contributed by atoms with E-state index >= 15 is 0 Å². The Morgan fingerprint density at radius 2 is 1.70 bits per heavy atom. The highest BCUT2D eigenvalue weighted by atomic mass is 32.2. The summed E-state index contributed by atoms with van der Waals surface area (Å²) in [5.41, 5.74) is 6.80. The fraction of sp³-hybridized carbons (Fsp3) is 0.111. The van der Waals surface area contributed by atoms with Gasteiger partial charge in [-0.15, -0.1) is 0 Å². The lowest BCUT2D eigenvalue weighted by atomic mass is 10.1. The molecule has 27 heavy (non-hydrogen) atoms. The first kappa shape index (κ1) is 18.6. The number of H-pyrrole nitrogens is 1. The molecule has 0 radical (unpaired) electrons. The fourth-order valence-corrected chi connectivity index (χ4v) is 2.93. The van der Waals surface area contributed by atoms with Crippen molar-refractivity contribution < 1.29 is 14.0 Å². The molecule has 0 aliphatic carbocycles. The summed E-state index contributed by atoms with van der Waals surface area (Å²) in [6.07, 6.45) is 1.48. The summed E-state index contributed by atoms with van der Waals surface area (Å²) in [7, 11) is 0. The van der Waals surface area contributed by atoms with E-state index in [1.807, 2.05) is 12.1 Å². The Morgan fingerprint density at radius 3 is 2.37 bits per heavy atom. The van der Waals surface area contributed by atoms with Gasteiger partial charge in [-0.05, 0) is 35.4 Å². The maximum Gasteiger partial charge on any atom is 0.269 e. The number of aromatic amines is 1. The van der Waals surface area contributed by atoms with Crippen LogP contribution in [0.15, 0.2) is 60.0 Å². The summed E-state index contributed by atoms with van der Waals surface area (Å²) in [6.45, 7) is 0. The predicted molar refractivity (Wildman–Crippen MR) is 98.1 cm³/mol. The standard InChI is InChI=1S/C18H16FN5O2S/c19-15-7-3-12(4-8-15)9-16(25)22-23-17(26)14-5-1-13(2-6-14)10-27-18-20-11-21-24-18/h1-8,11H,9-10H2,(H,22,25)(H,23,26)(H,20,21,24). The van der Waals surface area contributed by atoms with E-state index in [-0.39, 0.29) is 12.2 Å². The lowest BCUT2D eigenvalue weighted by Crippen LogP contribution is -2.42. The fourth-order valence-electron chi connectivity index (χ4n) is 2.20. The number of benzene rings is 2. The van der Waals surface area contributed by atoms with Crippen LogP contribution in [0.3, 0.4) is 0 Å². The monoisotopic (exact) mass is 385 g/mol. The van der Waals surface area contributed by atoms with Crippen molar-refractivity contribution in [1.82, 2.24) is 26.0 Å². The Morgan fingerprint density at radius 1 is 1.00 bits per heavy atom. The minimum atomic E-state index is -0.420. The topological polar surface area (TPSA) is 99.8 Å². The molecular formula is C18H16FN5O2S. The highest BCUT2D eigenvalue weighted by molar-refractivity contribution is 7.98. The lowest BCUT2D eigenvalue weighted by Gasteiger charge is -2.08. The molecule has 0 aliphatic rings. The quantitative estimate of drug-likeness (QED) is 0.446. The van der Waals surface area contributed by atoms with Crippen LogP contribution < -0.4 is 10.9 Å². The summed E-state index contributed by atoms with van der Waals surface area (Å²) in [4.78, 5) is 28.0. The van der Waals surface area contributed by atoms with Gasteiger partial charge in [0, 0.05) is 11.3 Å². The van der Waals surface area contributed by atoms with Crippen LogP contribution in [0, 0.1) is 5.82 Å². The van der Waals surface area contributed by atoms with E-state index < -0.39 is 11.8 Å². The highest BCUT2D eigenvalue weighted by Gasteiger charge is 2.08. The summed E-state index contributed by atoms with van der Waals surface area (Å²) in [5, 5.41) is 7.26. The third-order valence-corrected chi connectivity index (χ3v) is 4.53. The third-order valence-electron chi connectivity index (χ3n) is 3.58. The van der Waals surface area contributed by atoms with Crippen LogP contribution in [0.2, 0.25) is 0 Å². The first-order valence-electron chi connectivity index (χ1n) is 8.01. The number of hydrazine groups is 1. The molecule has 0 saturated heterocycles. The van der Waals surface area contributed by atoms with Gasteiger partial charge < -0.3 is 0 Å². The van der Waals surface area contributed by atoms with Crippen molar-refractivity contribution in [2.45, 2.75) is 17.3 Å². The van der Waals surface area contributed by atoms with Gasteiger partial charge in [0.15, 0.2) is 5.16 Å². The molecule has 1 heterocycles. The second-order valence-corrected chi connectivity index (χ2v) is 6.55.